The van der Waals surface area contributed by atoms with Gasteiger partial charge in [-0.1, -0.05) is 43.6 Å². The number of anilines is 1. The molecule has 0 radical (unpaired) electrons. The van der Waals surface area contributed by atoms with Gasteiger partial charge in [0.15, 0.2) is 6.10 Å². The first-order valence-corrected chi connectivity index (χ1v) is 8.71. The summed E-state index contributed by atoms with van der Waals surface area (Å²) in [6.07, 6.45) is 0.135. The van der Waals surface area contributed by atoms with Crippen molar-refractivity contribution in [2.24, 2.45) is 0 Å². The van der Waals surface area contributed by atoms with Crippen molar-refractivity contribution in [3.63, 3.8) is 0 Å². The van der Waals surface area contributed by atoms with Crippen molar-refractivity contribution in [3.05, 3.63) is 63.2 Å². The van der Waals surface area contributed by atoms with Gasteiger partial charge in [-0.15, -0.1) is 0 Å². The molecule has 0 heterocycles. The van der Waals surface area contributed by atoms with Gasteiger partial charge in [0.05, 0.1) is 9.95 Å². The van der Waals surface area contributed by atoms with Gasteiger partial charge in [0.1, 0.15) is 5.75 Å². The number of para-hydroxylation sites is 1. The molecule has 0 spiro atoms. The number of amides is 1. The van der Waals surface area contributed by atoms with E-state index in [2.05, 4.69) is 19.2 Å². The molecule has 138 valence electrons. The minimum absolute atomic E-state index is 0.0823. The maximum Gasteiger partial charge on any atom is 0.271 e. The van der Waals surface area contributed by atoms with Gasteiger partial charge in [-0.25, -0.2) is 0 Å². The van der Waals surface area contributed by atoms with Crippen LogP contribution in [0.1, 0.15) is 38.7 Å². The number of nitrogens with one attached hydrogen (secondary N) is 1. The van der Waals surface area contributed by atoms with Gasteiger partial charge in [-0.2, -0.15) is 0 Å². The Balaban J connectivity index is 2.10. The fourth-order valence-corrected chi connectivity index (χ4v) is 2.66. The lowest BCUT2D eigenvalue weighted by atomic mass is 9.97. The van der Waals surface area contributed by atoms with E-state index in [0.717, 1.165) is 17.7 Å². The highest BCUT2D eigenvalue weighted by molar-refractivity contribution is 6.32. The molecule has 2 atom stereocenters. The number of carbonyl (C=O) groups excluding carboxylic acids is 1. The molecule has 0 unspecified atom stereocenters. The third kappa shape index (κ3) is 4.73. The number of nitro groups is 1. The maximum atomic E-state index is 12.5. The summed E-state index contributed by atoms with van der Waals surface area (Å²) in [5.41, 5.74) is 1.67. The summed E-state index contributed by atoms with van der Waals surface area (Å²) in [7, 11) is 0. The van der Waals surface area contributed by atoms with Gasteiger partial charge < -0.3 is 10.1 Å². The number of non-ortho nitro benzene ring substituents is 1. The van der Waals surface area contributed by atoms with E-state index in [-0.39, 0.29) is 22.4 Å². The van der Waals surface area contributed by atoms with E-state index in [0.29, 0.717) is 5.92 Å². The monoisotopic (exact) mass is 376 g/mol. The Morgan fingerprint density at radius 3 is 2.58 bits per heavy atom. The lowest BCUT2D eigenvalue weighted by Gasteiger charge is -2.19. The second-order valence-corrected chi connectivity index (χ2v) is 6.42. The zero-order valence-corrected chi connectivity index (χ0v) is 15.6. The number of benzene rings is 2. The van der Waals surface area contributed by atoms with Gasteiger partial charge in [0.2, 0.25) is 0 Å². The first-order chi connectivity index (χ1) is 12.3. The van der Waals surface area contributed by atoms with Gasteiger partial charge in [0.25, 0.3) is 11.6 Å². The largest absolute Gasteiger partial charge is 0.479 e. The van der Waals surface area contributed by atoms with Gasteiger partial charge >= 0.3 is 0 Å². The highest BCUT2D eigenvalue weighted by atomic mass is 35.5. The minimum atomic E-state index is -0.820. The van der Waals surface area contributed by atoms with Gasteiger partial charge in [-0.05, 0) is 37.0 Å². The van der Waals surface area contributed by atoms with E-state index in [4.69, 9.17) is 16.3 Å². The number of hydrogen-bond donors (Lipinski definition) is 1. The number of nitro benzene ring substituents is 1. The molecule has 0 aliphatic rings. The summed E-state index contributed by atoms with van der Waals surface area (Å²) < 4.78 is 5.57. The predicted octanol–water partition coefficient (Wildman–Crippen LogP) is 5.17. The minimum Gasteiger partial charge on any atom is -0.479 e. The molecule has 2 aromatic carbocycles. The molecule has 1 N–H and O–H groups in total. The molecule has 0 saturated carbocycles. The van der Waals surface area contributed by atoms with E-state index >= 15 is 0 Å². The second kappa shape index (κ2) is 8.67. The molecule has 0 fully saturated rings. The highest BCUT2D eigenvalue weighted by Crippen LogP contribution is 2.30. The second-order valence-electron chi connectivity index (χ2n) is 6.02. The van der Waals surface area contributed by atoms with Crippen molar-refractivity contribution < 1.29 is 14.5 Å². The van der Waals surface area contributed by atoms with Crippen LogP contribution in [0.5, 0.6) is 5.75 Å². The van der Waals surface area contributed by atoms with Crippen LogP contribution in [0.4, 0.5) is 11.4 Å². The quantitative estimate of drug-likeness (QED) is 0.534. The molecule has 1 amide bonds. The van der Waals surface area contributed by atoms with Crippen LogP contribution >= 0.6 is 11.6 Å². The van der Waals surface area contributed by atoms with E-state index in [9.17, 15) is 14.9 Å². The van der Waals surface area contributed by atoms with Crippen LogP contribution in [-0.2, 0) is 4.79 Å². The number of hydrogen-bond acceptors (Lipinski definition) is 4. The number of halogens is 1. The standard InChI is InChI=1S/C19H21ClN2O4/c1-4-12(2)15-7-5-6-8-17(15)21-19(23)13(3)26-18-10-9-14(22(24)25)11-16(18)20/h5-13H,4H2,1-3H3,(H,21,23)/t12-,13+/m1/s1. The van der Waals surface area contributed by atoms with E-state index in [1.807, 2.05) is 24.3 Å². The van der Waals surface area contributed by atoms with E-state index < -0.39 is 11.0 Å². The van der Waals surface area contributed by atoms with E-state index in [1.54, 1.807) is 6.92 Å². The fraction of sp³-hybridized carbons (Fsp3) is 0.316. The van der Waals surface area contributed by atoms with Crippen LogP contribution in [0, 0.1) is 10.1 Å². The van der Waals surface area contributed by atoms with Crippen LogP contribution in [0.2, 0.25) is 5.02 Å². The normalized spacial score (nSPS) is 12.9. The third-order valence-electron chi connectivity index (χ3n) is 4.16. The van der Waals surface area contributed by atoms with Crippen LogP contribution < -0.4 is 10.1 Å². The Kier molecular flexibility index (Phi) is 6.58. The number of carbonyl (C=O) groups is 1. The lowest BCUT2D eigenvalue weighted by molar-refractivity contribution is -0.384. The third-order valence-corrected chi connectivity index (χ3v) is 4.46. The van der Waals surface area contributed by atoms with Gasteiger partial charge in [0, 0.05) is 17.8 Å². The van der Waals surface area contributed by atoms with Crippen molar-refractivity contribution in [1.29, 1.82) is 0 Å². The van der Waals surface area contributed by atoms with Crippen LogP contribution in [0.3, 0.4) is 0 Å². The number of rotatable bonds is 7. The molecule has 0 saturated heterocycles. The molecule has 2 aromatic rings. The topological polar surface area (TPSA) is 81.5 Å². The summed E-state index contributed by atoms with van der Waals surface area (Å²) in [6.45, 7) is 5.78. The smallest absolute Gasteiger partial charge is 0.271 e. The molecule has 0 aliphatic heterocycles. The fourth-order valence-electron chi connectivity index (χ4n) is 2.44. The molecule has 2 rings (SSSR count). The molecule has 0 aliphatic carbocycles. The Morgan fingerprint density at radius 1 is 1.27 bits per heavy atom. The molecular formula is C19H21ClN2O4. The van der Waals surface area contributed by atoms with Crippen molar-refractivity contribution in [2.45, 2.75) is 39.2 Å². The Labute approximate surface area is 157 Å². The van der Waals surface area contributed by atoms with Crippen molar-refractivity contribution >= 4 is 28.9 Å². The Morgan fingerprint density at radius 2 is 1.96 bits per heavy atom. The number of ether oxygens (including phenoxy) is 1. The average Bonchev–Trinajstić information content (AvgIpc) is 2.62. The number of nitrogens with zero attached hydrogens (tertiary/aromatic N) is 1. The summed E-state index contributed by atoms with van der Waals surface area (Å²) in [4.78, 5) is 22.7. The van der Waals surface area contributed by atoms with E-state index in [1.165, 1.54) is 18.2 Å². The van der Waals surface area contributed by atoms with Crippen molar-refractivity contribution in [2.75, 3.05) is 5.32 Å². The summed E-state index contributed by atoms with van der Waals surface area (Å²) in [6, 6.07) is 11.5. The highest BCUT2D eigenvalue weighted by Gasteiger charge is 2.19. The summed E-state index contributed by atoms with van der Waals surface area (Å²) in [5, 5.41) is 13.7. The first-order valence-electron chi connectivity index (χ1n) is 8.33. The zero-order valence-electron chi connectivity index (χ0n) is 14.9. The molecule has 0 bridgehead atoms. The molecule has 6 nitrogen and oxygen atoms in total. The van der Waals surface area contributed by atoms with Gasteiger partial charge in [-0.3, -0.25) is 14.9 Å². The Hall–Kier alpha value is -2.60. The predicted molar refractivity (Wildman–Crippen MR) is 102 cm³/mol. The maximum absolute atomic E-state index is 12.5. The lowest BCUT2D eigenvalue weighted by Crippen LogP contribution is -2.30. The molecule has 7 heteroatoms. The van der Waals surface area contributed by atoms with Crippen molar-refractivity contribution in [3.8, 4) is 5.75 Å². The summed E-state index contributed by atoms with van der Waals surface area (Å²) in [5.74, 6) is 0.206. The molecular weight excluding hydrogens is 356 g/mol. The van der Waals surface area contributed by atoms with Crippen LogP contribution in [0.15, 0.2) is 42.5 Å². The molecule has 26 heavy (non-hydrogen) atoms. The van der Waals surface area contributed by atoms with Crippen LogP contribution in [-0.4, -0.2) is 16.9 Å². The van der Waals surface area contributed by atoms with Crippen molar-refractivity contribution in [1.82, 2.24) is 0 Å². The molecule has 0 aromatic heterocycles. The first kappa shape index (κ1) is 19.7. The average molecular weight is 377 g/mol. The summed E-state index contributed by atoms with van der Waals surface area (Å²) >= 11 is 6.01. The Bertz CT molecular complexity index is 810. The van der Waals surface area contributed by atoms with Crippen LogP contribution in [0.25, 0.3) is 0 Å². The zero-order chi connectivity index (χ0) is 19.3. The SMILES string of the molecule is CC[C@@H](C)c1ccccc1NC(=O)[C@H](C)Oc1ccc([N+](=O)[O-])cc1Cl.